The molecule has 136 valence electrons. The van der Waals surface area contributed by atoms with Crippen LogP contribution in [0.5, 0.6) is 0 Å². The summed E-state index contributed by atoms with van der Waals surface area (Å²) in [4.78, 5) is 11.4. The molecule has 3 rings (SSSR count). The Kier molecular flexibility index (Phi) is 6.42. The van der Waals surface area contributed by atoms with Gasteiger partial charge in [-0.25, -0.2) is 0 Å². The van der Waals surface area contributed by atoms with E-state index in [1.165, 1.54) is 22.3 Å². The van der Waals surface area contributed by atoms with Crippen molar-refractivity contribution in [2.45, 2.75) is 26.7 Å². The molecule has 0 spiro atoms. The van der Waals surface area contributed by atoms with Crippen molar-refractivity contribution in [2.75, 3.05) is 26.2 Å². The standard InChI is InChI=1S/C22H28N4/c1-3-24-22(25-14-10-19-9-13-23-17-18(19)2)26-15-11-21(12-16-26)20-7-5-4-6-8-20/h4-9,11,13,17H,3,10,12,14-16H2,1-2H3,(H,24,25). The van der Waals surface area contributed by atoms with Crippen molar-refractivity contribution >= 4 is 11.5 Å². The van der Waals surface area contributed by atoms with E-state index >= 15 is 0 Å². The highest BCUT2D eigenvalue weighted by atomic mass is 15.3. The Bertz CT molecular complexity index is 765. The highest BCUT2D eigenvalue weighted by Gasteiger charge is 2.16. The van der Waals surface area contributed by atoms with Crippen molar-refractivity contribution in [2.24, 2.45) is 4.99 Å². The van der Waals surface area contributed by atoms with Gasteiger partial charge in [-0.2, -0.15) is 0 Å². The minimum Gasteiger partial charge on any atom is -0.357 e. The molecule has 2 aromatic rings. The van der Waals surface area contributed by atoms with Crippen LogP contribution in [0.2, 0.25) is 0 Å². The van der Waals surface area contributed by atoms with Gasteiger partial charge in [0.2, 0.25) is 0 Å². The smallest absolute Gasteiger partial charge is 0.194 e. The topological polar surface area (TPSA) is 40.5 Å². The summed E-state index contributed by atoms with van der Waals surface area (Å²) in [7, 11) is 0. The average Bonchev–Trinajstić information content (AvgIpc) is 2.69. The molecule has 1 aromatic carbocycles. The second-order valence-electron chi connectivity index (χ2n) is 6.58. The lowest BCUT2D eigenvalue weighted by Crippen LogP contribution is -2.43. The third-order valence-electron chi connectivity index (χ3n) is 4.77. The van der Waals surface area contributed by atoms with Gasteiger partial charge in [0.05, 0.1) is 0 Å². The second kappa shape index (κ2) is 9.18. The van der Waals surface area contributed by atoms with Crippen LogP contribution < -0.4 is 5.32 Å². The number of guanidine groups is 1. The minimum atomic E-state index is 0.791. The van der Waals surface area contributed by atoms with Crippen LogP contribution in [0.4, 0.5) is 0 Å². The number of benzene rings is 1. The number of hydrogen-bond donors (Lipinski definition) is 1. The van der Waals surface area contributed by atoms with Crippen molar-refractivity contribution in [3.05, 3.63) is 71.6 Å². The van der Waals surface area contributed by atoms with Crippen LogP contribution in [-0.2, 0) is 6.42 Å². The molecular weight excluding hydrogens is 320 g/mol. The molecule has 1 aliphatic rings. The molecule has 26 heavy (non-hydrogen) atoms. The Morgan fingerprint density at radius 1 is 1.23 bits per heavy atom. The fourth-order valence-electron chi connectivity index (χ4n) is 3.27. The molecule has 1 N–H and O–H groups in total. The minimum absolute atomic E-state index is 0.791. The van der Waals surface area contributed by atoms with Gasteiger partial charge in [0.1, 0.15) is 0 Å². The summed E-state index contributed by atoms with van der Waals surface area (Å²) >= 11 is 0. The van der Waals surface area contributed by atoms with E-state index in [-0.39, 0.29) is 0 Å². The Hall–Kier alpha value is -2.62. The zero-order chi connectivity index (χ0) is 18.2. The molecule has 0 aliphatic carbocycles. The van der Waals surface area contributed by atoms with Crippen LogP contribution in [0.25, 0.3) is 5.57 Å². The maximum Gasteiger partial charge on any atom is 0.194 e. The summed E-state index contributed by atoms with van der Waals surface area (Å²) in [5.41, 5.74) is 5.33. The van der Waals surface area contributed by atoms with E-state index in [4.69, 9.17) is 4.99 Å². The van der Waals surface area contributed by atoms with Gasteiger partial charge in [-0.05, 0) is 55.0 Å². The highest BCUT2D eigenvalue weighted by molar-refractivity contribution is 5.81. The van der Waals surface area contributed by atoms with Gasteiger partial charge in [0, 0.05) is 38.6 Å². The Labute approximate surface area is 156 Å². The highest BCUT2D eigenvalue weighted by Crippen LogP contribution is 2.22. The van der Waals surface area contributed by atoms with Gasteiger partial charge < -0.3 is 10.2 Å². The molecule has 0 unspecified atom stereocenters. The first-order valence-corrected chi connectivity index (χ1v) is 9.45. The van der Waals surface area contributed by atoms with Crippen molar-refractivity contribution < 1.29 is 0 Å². The molecule has 4 heteroatoms. The second-order valence-corrected chi connectivity index (χ2v) is 6.58. The summed E-state index contributed by atoms with van der Waals surface area (Å²) in [5.74, 6) is 1.02. The normalized spacial score (nSPS) is 14.9. The van der Waals surface area contributed by atoms with Crippen LogP contribution in [-0.4, -0.2) is 42.0 Å². The molecule has 0 radical (unpaired) electrons. The van der Waals surface area contributed by atoms with Crippen LogP contribution in [0, 0.1) is 6.92 Å². The first-order valence-electron chi connectivity index (χ1n) is 9.45. The van der Waals surface area contributed by atoms with Gasteiger partial charge in [-0.1, -0.05) is 36.4 Å². The molecule has 0 saturated carbocycles. The molecule has 0 saturated heterocycles. The van der Waals surface area contributed by atoms with Gasteiger partial charge in [0.15, 0.2) is 5.96 Å². The predicted molar refractivity (Wildman–Crippen MR) is 109 cm³/mol. The van der Waals surface area contributed by atoms with Crippen molar-refractivity contribution in [1.29, 1.82) is 0 Å². The molecule has 0 fully saturated rings. The molecule has 1 aliphatic heterocycles. The Balaban J connectivity index is 1.63. The van der Waals surface area contributed by atoms with Gasteiger partial charge in [-0.3, -0.25) is 9.98 Å². The first-order chi connectivity index (χ1) is 12.8. The van der Waals surface area contributed by atoms with Gasteiger partial charge in [-0.15, -0.1) is 0 Å². The third-order valence-corrected chi connectivity index (χ3v) is 4.77. The van der Waals surface area contributed by atoms with E-state index in [1.54, 1.807) is 0 Å². The Morgan fingerprint density at radius 2 is 2.08 bits per heavy atom. The van der Waals surface area contributed by atoms with E-state index in [1.807, 2.05) is 12.4 Å². The van der Waals surface area contributed by atoms with E-state index < -0.39 is 0 Å². The van der Waals surface area contributed by atoms with Gasteiger partial charge in [0.25, 0.3) is 0 Å². The number of hydrogen-bond acceptors (Lipinski definition) is 2. The lowest BCUT2D eigenvalue weighted by molar-refractivity contribution is 0.440. The summed E-state index contributed by atoms with van der Waals surface area (Å²) in [5, 5.41) is 3.44. The lowest BCUT2D eigenvalue weighted by Gasteiger charge is -2.30. The number of pyridine rings is 1. The van der Waals surface area contributed by atoms with Crippen molar-refractivity contribution in [3.8, 4) is 0 Å². The molecule has 0 atom stereocenters. The fraction of sp³-hybridized carbons (Fsp3) is 0.364. The van der Waals surface area contributed by atoms with Gasteiger partial charge >= 0.3 is 0 Å². The fourth-order valence-corrected chi connectivity index (χ4v) is 3.27. The summed E-state index contributed by atoms with van der Waals surface area (Å²) < 4.78 is 0. The molecule has 2 heterocycles. The number of aryl methyl sites for hydroxylation is 1. The zero-order valence-corrected chi connectivity index (χ0v) is 15.8. The van der Waals surface area contributed by atoms with Crippen LogP contribution >= 0.6 is 0 Å². The number of aliphatic imine (C=N–C) groups is 1. The Morgan fingerprint density at radius 3 is 2.77 bits per heavy atom. The first kappa shape index (κ1) is 18.2. The quantitative estimate of drug-likeness (QED) is 0.662. The van der Waals surface area contributed by atoms with E-state index in [0.717, 1.165) is 45.0 Å². The largest absolute Gasteiger partial charge is 0.357 e. The molecule has 1 aromatic heterocycles. The third kappa shape index (κ3) is 4.72. The maximum atomic E-state index is 4.85. The van der Waals surface area contributed by atoms with Crippen molar-refractivity contribution in [3.63, 3.8) is 0 Å². The zero-order valence-electron chi connectivity index (χ0n) is 15.8. The number of rotatable bonds is 5. The van der Waals surface area contributed by atoms with E-state index in [9.17, 15) is 0 Å². The van der Waals surface area contributed by atoms with Crippen molar-refractivity contribution in [1.82, 2.24) is 15.2 Å². The molecule has 0 bridgehead atoms. The summed E-state index contributed by atoms with van der Waals surface area (Å²) in [6.45, 7) is 7.82. The van der Waals surface area contributed by atoms with Crippen LogP contribution in [0.15, 0.2) is 59.9 Å². The SMILES string of the molecule is CCNC(=NCCc1ccncc1C)N1CC=C(c2ccccc2)CC1. The van der Waals surface area contributed by atoms with E-state index in [0.29, 0.717) is 0 Å². The summed E-state index contributed by atoms with van der Waals surface area (Å²) in [6.07, 6.45) is 8.11. The maximum absolute atomic E-state index is 4.85. The number of nitrogens with one attached hydrogen (secondary N) is 1. The van der Waals surface area contributed by atoms with Crippen LogP contribution in [0.1, 0.15) is 30.0 Å². The summed E-state index contributed by atoms with van der Waals surface area (Å²) in [6, 6.07) is 12.8. The molecule has 4 nitrogen and oxygen atoms in total. The molecular formula is C22H28N4. The average molecular weight is 348 g/mol. The lowest BCUT2D eigenvalue weighted by atomic mass is 10.00. The molecule has 0 amide bonds. The number of nitrogens with zero attached hydrogens (tertiary/aromatic N) is 3. The number of aromatic nitrogens is 1. The van der Waals surface area contributed by atoms with E-state index in [2.05, 4.69) is 71.5 Å². The predicted octanol–water partition coefficient (Wildman–Crippen LogP) is 3.69. The monoisotopic (exact) mass is 348 g/mol. The van der Waals surface area contributed by atoms with Crippen LogP contribution in [0.3, 0.4) is 0 Å².